The largest absolute Gasteiger partial charge is 0.380 e. The maximum Gasteiger partial charge on any atom is 0.192 e. The number of anilines is 1. The van der Waals surface area contributed by atoms with Crippen LogP contribution >= 0.6 is 0 Å². The first-order valence-electron chi connectivity index (χ1n) is 3.94. The van der Waals surface area contributed by atoms with E-state index in [1.54, 1.807) is 6.07 Å². The fourth-order valence-electron chi connectivity index (χ4n) is 1.18. The van der Waals surface area contributed by atoms with Crippen molar-refractivity contribution < 1.29 is 8.78 Å². The lowest BCUT2D eigenvalue weighted by Gasteiger charge is -1.96. The number of aromatic amines is 1. The van der Waals surface area contributed by atoms with Crippen LogP contribution in [0.15, 0.2) is 24.3 Å². The van der Waals surface area contributed by atoms with E-state index in [-0.39, 0.29) is 11.5 Å². The molecule has 1 aromatic heterocycles. The molecule has 0 amide bonds. The predicted molar refractivity (Wildman–Crippen MR) is 48.4 cm³/mol. The molecule has 3 nitrogen and oxygen atoms in total. The molecule has 0 bridgehead atoms. The maximum absolute atomic E-state index is 13.2. The number of nitrogens with zero attached hydrogens (tertiary/aromatic N) is 1. The van der Waals surface area contributed by atoms with Gasteiger partial charge in [0.05, 0.1) is 0 Å². The first kappa shape index (κ1) is 8.68. The van der Waals surface area contributed by atoms with E-state index in [1.807, 2.05) is 0 Å². The summed E-state index contributed by atoms with van der Waals surface area (Å²) >= 11 is 0. The molecule has 0 radical (unpaired) electrons. The third kappa shape index (κ3) is 1.32. The van der Waals surface area contributed by atoms with Crippen LogP contribution in [0.1, 0.15) is 0 Å². The van der Waals surface area contributed by atoms with Gasteiger partial charge in [0, 0.05) is 5.56 Å². The van der Waals surface area contributed by atoms with E-state index >= 15 is 0 Å². The van der Waals surface area contributed by atoms with Crippen molar-refractivity contribution in [1.82, 2.24) is 10.2 Å². The fourth-order valence-corrected chi connectivity index (χ4v) is 1.18. The number of H-pyrrole nitrogens is 1. The number of benzene rings is 1. The molecule has 0 fully saturated rings. The summed E-state index contributed by atoms with van der Waals surface area (Å²) in [5, 5.41) is 5.88. The third-order valence-corrected chi connectivity index (χ3v) is 1.85. The topological polar surface area (TPSA) is 54.7 Å². The van der Waals surface area contributed by atoms with Crippen LogP contribution in [-0.4, -0.2) is 10.2 Å². The molecule has 2 rings (SSSR count). The SMILES string of the molecule is Nc1n[nH]c(-c2cccc(F)c2)c1F. The normalized spacial score (nSPS) is 10.4. The lowest BCUT2D eigenvalue weighted by Crippen LogP contribution is -1.87. The van der Waals surface area contributed by atoms with Gasteiger partial charge in [0.2, 0.25) is 0 Å². The second-order valence-corrected chi connectivity index (χ2v) is 2.81. The van der Waals surface area contributed by atoms with Gasteiger partial charge in [-0.25, -0.2) is 8.78 Å². The highest BCUT2D eigenvalue weighted by molar-refractivity contribution is 5.62. The zero-order valence-electron chi connectivity index (χ0n) is 7.09. The van der Waals surface area contributed by atoms with E-state index in [0.717, 1.165) is 0 Å². The Labute approximate surface area is 78.6 Å². The predicted octanol–water partition coefficient (Wildman–Crippen LogP) is 1.94. The molecule has 0 aliphatic rings. The van der Waals surface area contributed by atoms with Gasteiger partial charge in [0.15, 0.2) is 11.6 Å². The summed E-state index contributed by atoms with van der Waals surface area (Å²) in [4.78, 5) is 0. The minimum Gasteiger partial charge on any atom is -0.380 e. The van der Waals surface area contributed by atoms with Crippen LogP contribution in [0.25, 0.3) is 11.3 Å². The lowest BCUT2D eigenvalue weighted by atomic mass is 10.1. The van der Waals surface area contributed by atoms with Crippen LogP contribution in [0.2, 0.25) is 0 Å². The van der Waals surface area contributed by atoms with E-state index in [4.69, 9.17) is 5.73 Å². The minimum atomic E-state index is -0.657. The van der Waals surface area contributed by atoms with Crippen molar-refractivity contribution in [3.63, 3.8) is 0 Å². The molecule has 0 spiro atoms. The van der Waals surface area contributed by atoms with Crippen LogP contribution in [-0.2, 0) is 0 Å². The van der Waals surface area contributed by atoms with E-state index in [2.05, 4.69) is 10.2 Å². The summed E-state index contributed by atoms with van der Waals surface area (Å²) in [5.74, 6) is -1.31. The summed E-state index contributed by atoms with van der Waals surface area (Å²) in [6.07, 6.45) is 0. The number of nitrogens with two attached hydrogens (primary N) is 1. The molecule has 1 aromatic carbocycles. The molecule has 0 unspecified atom stereocenters. The van der Waals surface area contributed by atoms with E-state index < -0.39 is 11.6 Å². The summed E-state index contributed by atoms with van der Waals surface area (Å²) in [5.41, 5.74) is 5.69. The molecular weight excluding hydrogens is 188 g/mol. The van der Waals surface area contributed by atoms with Gasteiger partial charge in [-0.2, -0.15) is 5.10 Å². The number of nitrogen functional groups attached to an aromatic ring is 1. The molecule has 72 valence electrons. The van der Waals surface area contributed by atoms with Gasteiger partial charge in [0.25, 0.3) is 0 Å². The first-order valence-corrected chi connectivity index (χ1v) is 3.94. The monoisotopic (exact) mass is 195 g/mol. The van der Waals surface area contributed by atoms with Gasteiger partial charge < -0.3 is 5.73 Å². The third-order valence-electron chi connectivity index (χ3n) is 1.85. The van der Waals surface area contributed by atoms with Gasteiger partial charge in [0.1, 0.15) is 11.5 Å². The average Bonchev–Trinajstić information content (AvgIpc) is 2.48. The summed E-state index contributed by atoms with van der Waals surface area (Å²) in [6, 6.07) is 5.54. The Morgan fingerprint density at radius 1 is 1.29 bits per heavy atom. The number of hydrogen-bond donors (Lipinski definition) is 2. The number of halogens is 2. The van der Waals surface area contributed by atoms with Gasteiger partial charge in [-0.1, -0.05) is 12.1 Å². The smallest absolute Gasteiger partial charge is 0.192 e. The Morgan fingerprint density at radius 3 is 2.64 bits per heavy atom. The van der Waals surface area contributed by atoms with E-state index in [0.29, 0.717) is 5.56 Å². The van der Waals surface area contributed by atoms with E-state index in [1.165, 1.54) is 18.2 Å². The summed E-state index contributed by atoms with van der Waals surface area (Å²) < 4.78 is 26.0. The van der Waals surface area contributed by atoms with Crippen LogP contribution in [0.3, 0.4) is 0 Å². The van der Waals surface area contributed by atoms with Gasteiger partial charge in [-0.15, -0.1) is 0 Å². The molecule has 0 aliphatic heterocycles. The number of aromatic nitrogens is 2. The molecule has 2 aromatic rings. The molecule has 0 saturated carbocycles. The van der Waals surface area contributed by atoms with Crippen LogP contribution in [0.5, 0.6) is 0 Å². The van der Waals surface area contributed by atoms with E-state index in [9.17, 15) is 8.78 Å². The van der Waals surface area contributed by atoms with Gasteiger partial charge >= 0.3 is 0 Å². The second-order valence-electron chi connectivity index (χ2n) is 2.81. The zero-order chi connectivity index (χ0) is 10.1. The average molecular weight is 195 g/mol. The lowest BCUT2D eigenvalue weighted by molar-refractivity contribution is 0.626. The number of rotatable bonds is 1. The Morgan fingerprint density at radius 2 is 2.07 bits per heavy atom. The van der Waals surface area contributed by atoms with Gasteiger partial charge in [-0.3, -0.25) is 5.10 Å². The molecule has 3 N–H and O–H groups in total. The molecule has 5 heteroatoms. The van der Waals surface area contributed by atoms with Crippen molar-refractivity contribution in [2.75, 3.05) is 5.73 Å². The molecule has 0 atom stereocenters. The van der Waals surface area contributed by atoms with Crippen molar-refractivity contribution in [3.8, 4) is 11.3 Å². The Bertz CT molecular complexity index is 465. The molecule has 0 aliphatic carbocycles. The van der Waals surface area contributed by atoms with Crippen molar-refractivity contribution in [2.24, 2.45) is 0 Å². The summed E-state index contributed by atoms with van der Waals surface area (Å²) in [7, 11) is 0. The molecule has 14 heavy (non-hydrogen) atoms. The zero-order valence-corrected chi connectivity index (χ0v) is 7.09. The van der Waals surface area contributed by atoms with Crippen LogP contribution in [0, 0.1) is 11.6 Å². The maximum atomic E-state index is 13.2. The van der Waals surface area contributed by atoms with Crippen LogP contribution in [0.4, 0.5) is 14.6 Å². The highest BCUT2D eigenvalue weighted by Gasteiger charge is 2.11. The van der Waals surface area contributed by atoms with Crippen LogP contribution < -0.4 is 5.73 Å². The number of nitrogens with one attached hydrogen (secondary N) is 1. The standard InChI is InChI=1S/C9H7F2N3/c10-6-3-1-2-5(4-6)8-7(11)9(12)14-13-8/h1-4H,(H3,12,13,14). The first-order chi connectivity index (χ1) is 6.68. The Kier molecular flexibility index (Phi) is 1.92. The van der Waals surface area contributed by atoms with Crippen molar-refractivity contribution in [1.29, 1.82) is 0 Å². The van der Waals surface area contributed by atoms with Crippen molar-refractivity contribution >= 4 is 5.82 Å². The Balaban J connectivity index is 2.55. The molecular formula is C9H7F2N3. The van der Waals surface area contributed by atoms with Crippen molar-refractivity contribution in [3.05, 3.63) is 35.9 Å². The Hall–Kier alpha value is -1.91. The number of hydrogen-bond acceptors (Lipinski definition) is 2. The minimum absolute atomic E-state index is 0.0991. The highest BCUT2D eigenvalue weighted by Crippen LogP contribution is 2.23. The molecule has 1 heterocycles. The molecule has 0 saturated heterocycles. The summed E-state index contributed by atoms with van der Waals surface area (Å²) in [6.45, 7) is 0. The second kappa shape index (κ2) is 3.10. The highest BCUT2D eigenvalue weighted by atomic mass is 19.1. The quantitative estimate of drug-likeness (QED) is 0.730. The van der Waals surface area contributed by atoms with Gasteiger partial charge in [-0.05, 0) is 12.1 Å². The fraction of sp³-hybridized carbons (Fsp3) is 0. The van der Waals surface area contributed by atoms with Crippen molar-refractivity contribution in [2.45, 2.75) is 0 Å².